The van der Waals surface area contributed by atoms with E-state index in [0.717, 1.165) is 16.3 Å². The van der Waals surface area contributed by atoms with Crippen molar-refractivity contribution in [2.24, 2.45) is 5.73 Å². The third-order valence-electron chi connectivity index (χ3n) is 6.23. The summed E-state index contributed by atoms with van der Waals surface area (Å²) < 4.78 is 5.62. The average molecular weight is 500 g/mol. The van der Waals surface area contributed by atoms with Gasteiger partial charge < -0.3 is 15.8 Å². The van der Waals surface area contributed by atoms with E-state index in [9.17, 15) is 9.59 Å². The highest BCUT2D eigenvalue weighted by molar-refractivity contribution is 6.13. The fourth-order valence-electron chi connectivity index (χ4n) is 4.28. The summed E-state index contributed by atoms with van der Waals surface area (Å²) in [5.41, 5.74) is 9.58. The van der Waals surface area contributed by atoms with Crippen molar-refractivity contribution in [2.75, 3.05) is 5.32 Å². The van der Waals surface area contributed by atoms with E-state index in [1.807, 2.05) is 78.9 Å². The van der Waals surface area contributed by atoms with Crippen molar-refractivity contribution in [3.63, 3.8) is 0 Å². The van der Waals surface area contributed by atoms with E-state index < -0.39 is 5.97 Å². The van der Waals surface area contributed by atoms with Crippen molar-refractivity contribution in [3.8, 4) is 11.1 Å². The molecular formula is C32H25N3O3. The number of nitrogens with one attached hydrogen (secondary N) is 2. The second-order valence-electron chi connectivity index (χ2n) is 8.80. The first-order valence-electron chi connectivity index (χ1n) is 12.1. The lowest BCUT2D eigenvalue weighted by atomic mass is 9.92. The van der Waals surface area contributed by atoms with Crippen LogP contribution in [0.1, 0.15) is 31.8 Å². The molecule has 0 spiro atoms. The summed E-state index contributed by atoms with van der Waals surface area (Å²) in [5.74, 6) is -0.840. The van der Waals surface area contributed by atoms with Crippen LogP contribution in [-0.4, -0.2) is 17.7 Å². The van der Waals surface area contributed by atoms with Crippen molar-refractivity contribution in [1.29, 1.82) is 5.41 Å². The molecule has 5 rings (SSSR count). The number of nitrogen functional groups attached to an aromatic ring is 1. The molecule has 0 radical (unpaired) electrons. The number of benzene rings is 5. The molecule has 0 aliphatic carbocycles. The Morgan fingerprint density at radius 2 is 1.34 bits per heavy atom. The van der Waals surface area contributed by atoms with Crippen LogP contribution in [0, 0.1) is 5.41 Å². The third kappa shape index (κ3) is 5.29. The van der Waals surface area contributed by atoms with Gasteiger partial charge in [-0.2, -0.15) is 0 Å². The first-order valence-corrected chi connectivity index (χ1v) is 12.1. The van der Waals surface area contributed by atoms with Gasteiger partial charge in [0.2, 0.25) is 0 Å². The van der Waals surface area contributed by atoms with Gasteiger partial charge in [-0.1, -0.05) is 72.8 Å². The number of amidine groups is 1. The molecule has 6 heteroatoms. The van der Waals surface area contributed by atoms with E-state index in [1.165, 1.54) is 0 Å². The number of carbonyl (C=O) groups excluding carboxylic acids is 2. The van der Waals surface area contributed by atoms with Crippen LogP contribution in [-0.2, 0) is 11.3 Å². The summed E-state index contributed by atoms with van der Waals surface area (Å²) >= 11 is 0. The van der Waals surface area contributed by atoms with E-state index in [2.05, 4.69) is 5.32 Å². The molecule has 0 saturated carbocycles. The zero-order valence-corrected chi connectivity index (χ0v) is 20.5. The number of esters is 1. The van der Waals surface area contributed by atoms with Crippen molar-refractivity contribution in [3.05, 3.63) is 138 Å². The van der Waals surface area contributed by atoms with Crippen LogP contribution in [0.4, 0.5) is 5.69 Å². The van der Waals surface area contributed by atoms with E-state index in [1.54, 1.807) is 36.4 Å². The van der Waals surface area contributed by atoms with Gasteiger partial charge in [0.25, 0.3) is 5.91 Å². The highest BCUT2D eigenvalue weighted by Crippen LogP contribution is 2.32. The Morgan fingerprint density at radius 3 is 2.05 bits per heavy atom. The highest BCUT2D eigenvalue weighted by atomic mass is 16.5. The number of carbonyl (C=O) groups is 2. The maximum atomic E-state index is 13.6. The van der Waals surface area contributed by atoms with Gasteiger partial charge in [0.1, 0.15) is 12.4 Å². The summed E-state index contributed by atoms with van der Waals surface area (Å²) in [4.78, 5) is 26.8. The number of rotatable bonds is 7. The summed E-state index contributed by atoms with van der Waals surface area (Å²) in [7, 11) is 0. The van der Waals surface area contributed by atoms with Crippen molar-refractivity contribution in [2.45, 2.75) is 6.61 Å². The van der Waals surface area contributed by atoms with Gasteiger partial charge in [0, 0.05) is 16.8 Å². The molecule has 0 aromatic heterocycles. The molecule has 0 unspecified atom stereocenters. The van der Waals surface area contributed by atoms with Crippen molar-refractivity contribution < 1.29 is 14.3 Å². The SMILES string of the molecule is N=C(N)c1ccc(NC(=O)c2cc3ccccc3cc2-c2ccccc2C(=O)OCc2ccccc2)cc1. The highest BCUT2D eigenvalue weighted by Gasteiger charge is 2.20. The van der Waals surface area contributed by atoms with Gasteiger partial charge in [0.05, 0.1) is 5.56 Å². The first-order chi connectivity index (χ1) is 18.5. The van der Waals surface area contributed by atoms with Crippen LogP contribution < -0.4 is 11.1 Å². The quantitative estimate of drug-likeness (QED) is 0.137. The van der Waals surface area contributed by atoms with E-state index in [-0.39, 0.29) is 18.3 Å². The lowest BCUT2D eigenvalue weighted by Crippen LogP contribution is -2.15. The van der Waals surface area contributed by atoms with Gasteiger partial charge in [-0.25, -0.2) is 4.79 Å². The van der Waals surface area contributed by atoms with E-state index in [4.69, 9.17) is 15.9 Å². The Balaban J connectivity index is 1.52. The second kappa shape index (κ2) is 10.8. The second-order valence-corrected chi connectivity index (χ2v) is 8.80. The lowest BCUT2D eigenvalue weighted by molar-refractivity contribution is 0.0473. The van der Waals surface area contributed by atoms with Crippen LogP contribution in [0.3, 0.4) is 0 Å². The summed E-state index contributed by atoms with van der Waals surface area (Å²) in [6.07, 6.45) is 0. The Labute approximate surface area is 220 Å². The van der Waals surface area contributed by atoms with Crippen LogP contribution in [0.2, 0.25) is 0 Å². The molecule has 6 nitrogen and oxygen atoms in total. The number of anilines is 1. The topological polar surface area (TPSA) is 105 Å². The summed E-state index contributed by atoms with van der Waals surface area (Å²) in [6, 6.07) is 34.9. The predicted octanol–water partition coefficient (Wildman–Crippen LogP) is 6.40. The molecule has 0 fully saturated rings. The Morgan fingerprint density at radius 1 is 0.711 bits per heavy atom. The van der Waals surface area contributed by atoms with Crippen LogP contribution in [0.15, 0.2) is 115 Å². The summed E-state index contributed by atoms with van der Waals surface area (Å²) in [5, 5.41) is 12.3. The van der Waals surface area contributed by atoms with Crippen molar-refractivity contribution >= 4 is 34.2 Å². The van der Waals surface area contributed by atoms with Gasteiger partial charge in [-0.3, -0.25) is 10.2 Å². The van der Waals surface area contributed by atoms with E-state index in [0.29, 0.717) is 33.5 Å². The zero-order valence-electron chi connectivity index (χ0n) is 20.5. The molecule has 38 heavy (non-hydrogen) atoms. The van der Waals surface area contributed by atoms with Crippen LogP contribution >= 0.6 is 0 Å². The Bertz CT molecular complexity index is 1640. The van der Waals surface area contributed by atoms with Gasteiger partial charge in [0.15, 0.2) is 0 Å². The van der Waals surface area contributed by atoms with Crippen molar-refractivity contribution in [1.82, 2.24) is 0 Å². The fourth-order valence-corrected chi connectivity index (χ4v) is 4.28. The standard InChI is InChI=1S/C32H25N3O3/c33-30(34)22-14-16-25(17-15-22)35-31(36)29-19-24-11-5-4-10-23(24)18-28(29)26-12-6-7-13-27(26)32(37)38-20-21-8-2-1-3-9-21/h1-19H,20H2,(H3,33,34)(H,35,36). The van der Waals surface area contributed by atoms with Gasteiger partial charge in [-0.15, -0.1) is 0 Å². The Kier molecular flexibility index (Phi) is 6.95. The Hall–Kier alpha value is -5.23. The molecular weight excluding hydrogens is 474 g/mol. The van der Waals surface area contributed by atoms with Crippen LogP contribution in [0.5, 0.6) is 0 Å². The number of nitrogens with two attached hydrogens (primary N) is 1. The molecule has 0 heterocycles. The number of amides is 1. The van der Waals surface area contributed by atoms with Gasteiger partial charge in [-0.05, 0) is 69.9 Å². The minimum absolute atomic E-state index is 0.0459. The number of hydrogen-bond donors (Lipinski definition) is 3. The molecule has 0 aliphatic heterocycles. The molecule has 5 aromatic carbocycles. The number of ether oxygens (including phenoxy) is 1. The minimum atomic E-state index is -0.469. The molecule has 0 saturated heterocycles. The predicted molar refractivity (Wildman–Crippen MR) is 150 cm³/mol. The average Bonchev–Trinajstić information content (AvgIpc) is 2.96. The molecule has 0 atom stereocenters. The maximum absolute atomic E-state index is 13.6. The summed E-state index contributed by atoms with van der Waals surface area (Å²) in [6.45, 7) is 0.148. The molecule has 0 aliphatic rings. The smallest absolute Gasteiger partial charge is 0.339 e. The third-order valence-corrected chi connectivity index (χ3v) is 6.23. The molecule has 4 N–H and O–H groups in total. The zero-order chi connectivity index (χ0) is 26.5. The molecule has 0 bridgehead atoms. The lowest BCUT2D eigenvalue weighted by Gasteiger charge is -2.15. The maximum Gasteiger partial charge on any atom is 0.339 e. The molecule has 5 aromatic rings. The normalized spacial score (nSPS) is 10.6. The monoisotopic (exact) mass is 499 g/mol. The number of fused-ring (bicyclic) bond motifs is 1. The van der Waals surface area contributed by atoms with Gasteiger partial charge >= 0.3 is 5.97 Å². The first kappa shape index (κ1) is 24.5. The fraction of sp³-hybridized carbons (Fsp3) is 0.0312. The van der Waals surface area contributed by atoms with Crippen LogP contribution in [0.25, 0.3) is 21.9 Å². The minimum Gasteiger partial charge on any atom is -0.457 e. The molecule has 186 valence electrons. The molecule has 1 amide bonds. The van der Waals surface area contributed by atoms with E-state index >= 15 is 0 Å². The largest absolute Gasteiger partial charge is 0.457 e. The number of hydrogen-bond acceptors (Lipinski definition) is 4.